The smallest absolute Gasteiger partial charge is 0.276 e. The zero-order chi connectivity index (χ0) is 13.4. The van der Waals surface area contributed by atoms with Crippen LogP contribution >= 0.6 is 0 Å². The van der Waals surface area contributed by atoms with Gasteiger partial charge in [-0.2, -0.15) is 0 Å². The van der Waals surface area contributed by atoms with Crippen molar-refractivity contribution in [2.75, 3.05) is 36.9 Å². The van der Waals surface area contributed by atoms with Crippen molar-refractivity contribution in [3.05, 3.63) is 22.2 Å². The van der Waals surface area contributed by atoms with Crippen LogP contribution in [0.4, 0.5) is 17.3 Å². The summed E-state index contributed by atoms with van der Waals surface area (Å²) in [7, 11) is 0. The largest absolute Gasteiger partial charge is 0.380 e. The van der Waals surface area contributed by atoms with Crippen molar-refractivity contribution in [2.45, 2.75) is 13.8 Å². The molecule has 0 aliphatic carbocycles. The van der Waals surface area contributed by atoms with E-state index in [4.69, 9.17) is 4.74 Å². The highest BCUT2D eigenvalue weighted by Crippen LogP contribution is 2.20. The van der Waals surface area contributed by atoms with Gasteiger partial charge >= 0.3 is 0 Å². The van der Waals surface area contributed by atoms with E-state index in [2.05, 4.69) is 15.6 Å². The molecule has 7 nitrogen and oxygen atoms in total. The van der Waals surface area contributed by atoms with Crippen molar-refractivity contribution in [2.24, 2.45) is 0 Å². The van der Waals surface area contributed by atoms with Crippen LogP contribution in [0.3, 0.4) is 0 Å². The maximum Gasteiger partial charge on any atom is 0.276 e. The van der Waals surface area contributed by atoms with E-state index >= 15 is 0 Å². The number of aromatic nitrogens is 1. The average molecular weight is 254 g/mol. The molecule has 18 heavy (non-hydrogen) atoms. The highest BCUT2D eigenvalue weighted by Gasteiger charge is 2.10. The topological polar surface area (TPSA) is 89.3 Å². The second-order valence-corrected chi connectivity index (χ2v) is 3.51. The highest BCUT2D eigenvalue weighted by molar-refractivity contribution is 5.54. The van der Waals surface area contributed by atoms with Gasteiger partial charge in [0, 0.05) is 19.7 Å². The minimum atomic E-state index is -0.434. The summed E-state index contributed by atoms with van der Waals surface area (Å²) in [6.07, 6.45) is 0. The third-order valence-corrected chi connectivity index (χ3v) is 2.14. The lowest BCUT2D eigenvalue weighted by molar-refractivity contribution is -0.384. The Hall–Kier alpha value is -1.89. The van der Waals surface area contributed by atoms with Crippen molar-refractivity contribution in [1.29, 1.82) is 0 Å². The molecule has 0 unspecified atom stereocenters. The third-order valence-electron chi connectivity index (χ3n) is 2.14. The molecular formula is C11H18N4O3. The minimum Gasteiger partial charge on any atom is -0.380 e. The van der Waals surface area contributed by atoms with Gasteiger partial charge in [-0.3, -0.25) is 10.1 Å². The van der Waals surface area contributed by atoms with Crippen LogP contribution in [0.1, 0.15) is 13.8 Å². The van der Waals surface area contributed by atoms with Crippen LogP contribution in [0, 0.1) is 10.1 Å². The molecule has 0 amide bonds. The quantitative estimate of drug-likeness (QED) is 0.418. The lowest BCUT2D eigenvalue weighted by Gasteiger charge is -2.08. The molecule has 100 valence electrons. The minimum absolute atomic E-state index is 0.0138. The SMILES string of the molecule is CCNc1cc([N+](=O)[O-])cc(NCCOCC)n1. The van der Waals surface area contributed by atoms with Gasteiger partial charge in [0.1, 0.15) is 11.6 Å². The molecule has 1 heterocycles. The van der Waals surface area contributed by atoms with Crippen molar-refractivity contribution in [3.63, 3.8) is 0 Å². The number of nitrogens with zero attached hydrogens (tertiary/aromatic N) is 2. The summed E-state index contributed by atoms with van der Waals surface area (Å²) < 4.78 is 5.17. The van der Waals surface area contributed by atoms with Gasteiger partial charge in [-0.15, -0.1) is 0 Å². The lowest BCUT2D eigenvalue weighted by Crippen LogP contribution is -2.11. The number of nitrogens with one attached hydrogen (secondary N) is 2. The molecule has 0 radical (unpaired) electrons. The normalized spacial score (nSPS) is 10.1. The van der Waals surface area contributed by atoms with Crippen molar-refractivity contribution < 1.29 is 9.66 Å². The molecule has 0 atom stereocenters. The summed E-state index contributed by atoms with van der Waals surface area (Å²) in [6, 6.07) is 2.82. The molecule has 0 saturated carbocycles. The number of hydrogen-bond donors (Lipinski definition) is 2. The molecule has 0 aromatic carbocycles. The highest BCUT2D eigenvalue weighted by atomic mass is 16.6. The van der Waals surface area contributed by atoms with E-state index in [0.717, 1.165) is 0 Å². The number of hydrogen-bond acceptors (Lipinski definition) is 6. The van der Waals surface area contributed by atoms with E-state index < -0.39 is 4.92 Å². The standard InChI is InChI=1S/C11H18N4O3/c1-3-12-10-7-9(15(16)17)8-11(14-10)13-5-6-18-4-2/h7-8H,3-6H2,1-2H3,(H2,12,13,14). The Morgan fingerprint density at radius 2 is 2.00 bits per heavy atom. The molecule has 0 aliphatic rings. The molecule has 1 rings (SSSR count). The Labute approximate surface area is 106 Å². The fourth-order valence-electron chi connectivity index (χ4n) is 1.38. The molecule has 1 aromatic heterocycles. The summed E-state index contributed by atoms with van der Waals surface area (Å²) in [5, 5.41) is 16.7. The van der Waals surface area contributed by atoms with Crippen molar-refractivity contribution in [3.8, 4) is 0 Å². The number of anilines is 2. The summed E-state index contributed by atoms with van der Waals surface area (Å²) in [4.78, 5) is 14.6. The summed E-state index contributed by atoms with van der Waals surface area (Å²) in [5.41, 5.74) is 0.0138. The third kappa shape index (κ3) is 4.54. The van der Waals surface area contributed by atoms with Gasteiger partial charge in [0.25, 0.3) is 5.69 Å². The monoisotopic (exact) mass is 254 g/mol. The van der Waals surface area contributed by atoms with Gasteiger partial charge in [0.2, 0.25) is 0 Å². The van der Waals surface area contributed by atoms with Gasteiger partial charge in [0.15, 0.2) is 0 Å². The zero-order valence-corrected chi connectivity index (χ0v) is 10.6. The number of pyridine rings is 1. The first-order valence-corrected chi connectivity index (χ1v) is 5.89. The Morgan fingerprint density at radius 3 is 2.56 bits per heavy atom. The van der Waals surface area contributed by atoms with Crippen LogP contribution in [0.15, 0.2) is 12.1 Å². The van der Waals surface area contributed by atoms with E-state index in [1.807, 2.05) is 13.8 Å². The second kappa shape index (κ2) is 7.44. The maximum atomic E-state index is 10.8. The van der Waals surface area contributed by atoms with Crippen LogP contribution in [-0.4, -0.2) is 36.2 Å². The molecular weight excluding hydrogens is 236 g/mol. The molecule has 2 N–H and O–H groups in total. The predicted octanol–water partition coefficient (Wildman–Crippen LogP) is 1.87. The number of ether oxygens (including phenoxy) is 1. The Kier molecular flexibility index (Phi) is 5.86. The van der Waals surface area contributed by atoms with Crippen molar-refractivity contribution >= 4 is 17.3 Å². The van der Waals surface area contributed by atoms with Gasteiger partial charge in [-0.1, -0.05) is 0 Å². The molecule has 0 saturated heterocycles. The fourth-order valence-corrected chi connectivity index (χ4v) is 1.38. The fraction of sp³-hybridized carbons (Fsp3) is 0.545. The Balaban J connectivity index is 2.72. The number of nitro groups is 1. The van der Waals surface area contributed by atoms with Gasteiger partial charge in [-0.25, -0.2) is 4.98 Å². The van der Waals surface area contributed by atoms with Crippen molar-refractivity contribution in [1.82, 2.24) is 4.98 Å². The predicted molar refractivity (Wildman–Crippen MR) is 70.0 cm³/mol. The van der Waals surface area contributed by atoms with Crippen LogP contribution < -0.4 is 10.6 Å². The zero-order valence-electron chi connectivity index (χ0n) is 10.6. The van der Waals surface area contributed by atoms with E-state index in [1.165, 1.54) is 12.1 Å². The van der Waals surface area contributed by atoms with E-state index in [0.29, 0.717) is 37.9 Å². The summed E-state index contributed by atoms with van der Waals surface area (Å²) in [5.74, 6) is 0.963. The first kappa shape index (κ1) is 14.2. The Bertz CT molecular complexity index is 398. The van der Waals surface area contributed by atoms with Crippen LogP contribution in [0.2, 0.25) is 0 Å². The van der Waals surface area contributed by atoms with Gasteiger partial charge in [-0.05, 0) is 13.8 Å². The molecule has 0 fully saturated rings. The lowest BCUT2D eigenvalue weighted by atomic mass is 10.3. The van der Waals surface area contributed by atoms with Gasteiger partial charge in [0.05, 0.1) is 23.7 Å². The summed E-state index contributed by atoms with van der Waals surface area (Å²) >= 11 is 0. The number of rotatable bonds is 8. The van der Waals surface area contributed by atoms with E-state index in [9.17, 15) is 10.1 Å². The van der Waals surface area contributed by atoms with Gasteiger partial charge < -0.3 is 15.4 Å². The first-order valence-electron chi connectivity index (χ1n) is 5.89. The maximum absolute atomic E-state index is 10.8. The van der Waals surface area contributed by atoms with Crippen LogP contribution in [0.25, 0.3) is 0 Å². The Morgan fingerprint density at radius 1 is 1.33 bits per heavy atom. The van der Waals surface area contributed by atoms with Crippen LogP contribution in [-0.2, 0) is 4.74 Å². The molecule has 0 spiro atoms. The first-order chi connectivity index (χ1) is 8.67. The molecule has 7 heteroatoms. The van der Waals surface area contributed by atoms with E-state index in [1.54, 1.807) is 0 Å². The molecule has 1 aromatic rings. The second-order valence-electron chi connectivity index (χ2n) is 3.51. The average Bonchev–Trinajstić information content (AvgIpc) is 2.35. The molecule has 0 aliphatic heterocycles. The molecule has 0 bridgehead atoms. The van der Waals surface area contributed by atoms with Crippen LogP contribution in [0.5, 0.6) is 0 Å². The summed E-state index contributed by atoms with van der Waals surface area (Å²) in [6.45, 7) is 6.22. The van der Waals surface area contributed by atoms with E-state index in [-0.39, 0.29) is 5.69 Å².